The van der Waals surface area contributed by atoms with Crippen molar-refractivity contribution in [1.82, 2.24) is 10.2 Å². The van der Waals surface area contributed by atoms with E-state index < -0.39 is 12.0 Å². The van der Waals surface area contributed by atoms with E-state index in [1.54, 1.807) is 33.3 Å². The number of ether oxygens (including phenoxy) is 6. The standard InChI is InChI=1S/C29H31N3O8S/c1-17-26(28(34)38-10-9-35-2)27(21-7-6-20(36-3)13-23(21)37-4)32-19(15-41-29(32)31-17)12-25(33)30-14-18-5-8-22-24(11-18)40-16-39-22/h5-8,11,13,15,27H,9-10,12,14,16H2,1-4H3,(H,30,33)/t27-/m0/s1. The van der Waals surface area contributed by atoms with Gasteiger partial charge < -0.3 is 38.6 Å². The van der Waals surface area contributed by atoms with Crippen molar-refractivity contribution in [3.8, 4) is 23.0 Å². The van der Waals surface area contributed by atoms with Gasteiger partial charge in [0.2, 0.25) is 12.7 Å². The first kappa shape index (κ1) is 28.4. The average molecular weight is 582 g/mol. The summed E-state index contributed by atoms with van der Waals surface area (Å²) < 4.78 is 32.5. The number of carbonyl (C=O) groups excluding carboxylic acids is 2. The molecule has 0 radical (unpaired) electrons. The summed E-state index contributed by atoms with van der Waals surface area (Å²) in [4.78, 5) is 33.2. The van der Waals surface area contributed by atoms with Crippen LogP contribution < -0.4 is 24.3 Å². The molecule has 0 aromatic heterocycles. The normalized spacial score (nSPS) is 17.1. The molecule has 216 valence electrons. The van der Waals surface area contributed by atoms with E-state index in [9.17, 15) is 9.59 Å². The average Bonchev–Trinajstić information content (AvgIpc) is 3.61. The summed E-state index contributed by atoms with van der Waals surface area (Å²) in [6, 6.07) is 10.3. The first-order chi connectivity index (χ1) is 19.9. The van der Waals surface area contributed by atoms with Gasteiger partial charge in [-0.25, -0.2) is 9.79 Å². The predicted octanol–water partition coefficient (Wildman–Crippen LogP) is 3.90. The minimum absolute atomic E-state index is 0.0661. The molecule has 11 nitrogen and oxygen atoms in total. The highest BCUT2D eigenvalue weighted by Gasteiger charge is 2.42. The highest BCUT2D eigenvalue weighted by molar-refractivity contribution is 8.16. The number of carbonyl (C=O) groups is 2. The van der Waals surface area contributed by atoms with Crippen LogP contribution in [0.5, 0.6) is 23.0 Å². The molecule has 1 amide bonds. The number of nitrogens with zero attached hydrogens (tertiary/aromatic N) is 2. The molecule has 0 bridgehead atoms. The number of fused-ring (bicyclic) bond motifs is 2. The molecule has 3 heterocycles. The number of aliphatic imine (C=N–C) groups is 1. The van der Waals surface area contributed by atoms with Gasteiger partial charge >= 0.3 is 5.97 Å². The number of nitrogens with one attached hydrogen (secondary N) is 1. The molecule has 2 aromatic carbocycles. The van der Waals surface area contributed by atoms with E-state index in [1.165, 1.54) is 18.9 Å². The second-order valence-electron chi connectivity index (χ2n) is 9.27. The van der Waals surface area contributed by atoms with Crippen LogP contribution in [-0.4, -0.2) is 63.3 Å². The summed E-state index contributed by atoms with van der Waals surface area (Å²) in [5.74, 6) is 1.76. The first-order valence-corrected chi connectivity index (χ1v) is 13.8. The van der Waals surface area contributed by atoms with Gasteiger partial charge in [0.05, 0.1) is 44.6 Å². The van der Waals surface area contributed by atoms with Crippen molar-refractivity contribution < 1.29 is 38.0 Å². The van der Waals surface area contributed by atoms with Gasteiger partial charge in [-0.15, -0.1) is 0 Å². The van der Waals surface area contributed by atoms with Crippen LogP contribution in [0.25, 0.3) is 0 Å². The zero-order valence-electron chi connectivity index (χ0n) is 23.2. The third-order valence-electron chi connectivity index (χ3n) is 6.74. The number of methoxy groups -OCH3 is 3. The molecule has 0 unspecified atom stereocenters. The van der Waals surface area contributed by atoms with Crippen molar-refractivity contribution in [2.45, 2.75) is 25.9 Å². The molecule has 0 spiro atoms. The molecule has 41 heavy (non-hydrogen) atoms. The number of hydrogen-bond acceptors (Lipinski definition) is 11. The van der Waals surface area contributed by atoms with Crippen LogP contribution in [0.3, 0.4) is 0 Å². The third kappa shape index (κ3) is 5.98. The van der Waals surface area contributed by atoms with Crippen LogP contribution in [0, 0.1) is 0 Å². The highest BCUT2D eigenvalue weighted by Crippen LogP contribution is 2.47. The lowest BCUT2D eigenvalue weighted by atomic mass is 9.93. The number of thioether (sulfide) groups is 1. The summed E-state index contributed by atoms with van der Waals surface area (Å²) >= 11 is 1.39. The van der Waals surface area contributed by atoms with Gasteiger partial charge in [0.1, 0.15) is 18.1 Å². The van der Waals surface area contributed by atoms with Crippen molar-refractivity contribution in [1.29, 1.82) is 0 Å². The molecule has 3 aliphatic rings. The molecule has 0 fully saturated rings. The maximum Gasteiger partial charge on any atom is 0.338 e. The van der Waals surface area contributed by atoms with Crippen LogP contribution in [0.2, 0.25) is 0 Å². The van der Waals surface area contributed by atoms with Crippen molar-refractivity contribution in [2.75, 3.05) is 41.3 Å². The minimum Gasteiger partial charge on any atom is -0.497 e. The lowest BCUT2D eigenvalue weighted by Crippen LogP contribution is -2.38. The Kier molecular flexibility index (Phi) is 8.70. The Morgan fingerprint density at radius 2 is 1.90 bits per heavy atom. The summed E-state index contributed by atoms with van der Waals surface area (Å²) in [5, 5.41) is 5.50. The Hall–Kier alpha value is -4.16. The Balaban J connectivity index is 1.41. The molecule has 0 saturated carbocycles. The summed E-state index contributed by atoms with van der Waals surface area (Å²) in [5.41, 5.74) is 3.15. The summed E-state index contributed by atoms with van der Waals surface area (Å²) in [6.45, 7) is 2.64. The van der Waals surface area contributed by atoms with Gasteiger partial charge in [-0.3, -0.25) is 4.79 Å². The van der Waals surface area contributed by atoms with Crippen molar-refractivity contribution in [2.24, 2.45) is 4.99 Å². The van der Waals surface area contributed by atoms with Crippen molar-refractivity contribution in [3.63, 3.8) is 0 Å². The SMILES string of the molecule is COCCOC(=O)C1=C(C)N=C2SC=C(CC(=O)NCc3ccc4c(c3)OCO4)N2[C@H]1c1ccc(OC)cc1OC. The van der Waals surface area contributed by atoms with Crippen molar-refractivity contribution in [3.05, 3.63) is 69.9 Å². The Morgan fingerprint density at radius 3 is 2.68 bits per heavy atom. The van der Waals surface area contributed by atoms with Gasteiger partial charge in [0, 0.05) is 31.0 Å². The number of rotatable bonds is 11. The monoisotopic (exact) mass is 581 g/mol. The molecule has 0 aliphatic carbocycles. The Bertz CT molecular complexity index is 1440. The van der Waals surface area contributed by atoms with Gasteiger partial charge in [0.25, 0.3) is 0 Å². The van der Waals surface area contributed by atoms with E-state index in [0.29, 0.717) is 57.2 Å². The Morgan fingerprint density at radius 1 is 1.07 bits per heavy atom. The van der Waals surface area contributed by atoms with E-state index in [1.807, 2.05) is 34.6 Å². The van der Waals surface area contributed by atoms with Gasteiger partial charge in [0.15, 0.2) is 16.7 Å². The van der Waals surface area contributed by atoms with Gasteiger partial charge in [-0.05, 0) is 42.2 Å². The van der Waals surface area contributed by atoms with Crippen LogP contribution >= 0.6 is 11.8 Å². The van der Waals surface area contributed by atoms with E-state index in [4.69, 9.17) is 33.4 Å². The van der Waals surface area contributed by atoms with Gasteiger partial charge in [-0.2, -0.15) is 0 Å². The zero-order valence-corrected chi connectivity index (χ0v) is 24.0. The number of allylic oxidation sites excluding steroid dienone is 1. The minimum atomic E-state index is -0.652. The number of benzene rings is 2. The predicted molar refractivity (Wildman–Crippen MR) is 152 cm³/mol. The molecular formula is C29H31N3O8S. The molecule has 0 saturated heterocycles. The first-order valence-electron chi connectivity index (χ1n) is 12.9. The van der Waals surface area contributed by atoms with E-state index >= 15 is 0 Å². The summed E-state index contributed by atoms with van der Waals surface area (Å²) in [6.07, 6.45) is 0.0661. The second kappa shape index (κ2) is 12.6. The second-order valence-corrected chi connectivity index (χ2v) is 10.1. The van der Waals surface area contributed by atoms with Crippen LogP contribution in [0.15, 0.2) is 63.8 Å². The van der Waals surface area contributed by atoms with E-state index in [2.05, 4.69) is 5.32 Å². The third-order valence-corrected chi connectivity index (χ3v) is 7.63. The van der Waals surface area contributed by atoms with Crippen LogP contribution in [0.4, 0.5) is 0 Å². The lowest BCUT2D eigenvalue weighted by molar-refractivity contribution is -0.141. The number of amidine groups is 1. The molecule has 1 atom stereocenters. The zero-order chi connectivity index (χ0) is 28.9. The molecular weight excluding hydrogens is 550 g/mol. The molecule has 2 aromatic rings. The number of amides is 1. The molecule has 3 aliphatic heterocycles. The maximum atomic E-state index is 13.4. The van der Waals surface area contributed by atoms with Gasteiger partial charge in [-0.1, -0.05) is 17.8 Å². The lowest BCUT2D eigenvalue weighted by Gasteiger charge is -2.36. The highest BCUT2D eigenvalue weighted by atomic mass is 32.2. The smallest absolute Gasteiger partial charge is 0.338 e. The van der Waals surface area contributed by atoms with E-state index in [-0.39, 0.29) is 32.3 Å². The molecule has 5 rings (SSSR count). The van der Waals surface area contributed by atoms with Crippen LogP contribution in [-0.2, 0) is 25.6 Å². The number of esters is 1. The van der Waals surface area contributed by atoms with Crippen molar-refractivity contribution >= 4 is 28.8 Å². The molecule has 1 N–H and O–H groups in total. The quantitative estimate of drug-likeness (QED) is 0.309. The topological polar surface area (TPSA) is 117 Å². The maximum absolute atomic E-state index is 13.4. The van der Waals surface area contributed by atoms with Crippen LogP contribution in [0.1, 0.15) is 30.5 Å². The van der Waals surface area contributed by atoms with E-state index in [0.717, 1.165) is 5.56 Å². The largest absolute Gasteiger partial charge is 0.497 e. The number of hydrogen-bond donors (Lipinski definition) is 1. The fraction of sp³-hybridized carbons (Fsp3) is 0.345. The fourth-order valence-corrected chi connectivity index (χ4v) is 5.71. The fourth-order valence-electron chi connectivity index (χ4n) is 4.74. The Labute approximate surface area is 242 Å². The molecule has 12 heteroatoms. The summed E-state index contributed by atoms with van der Waals surface area (Å²) in [7, 11) is 4.67.